The lowest BCUT2D eigenvalue weighted by molar-refractivity contribution is -0.140. The minimum Gasteiger partial charge on any atom is -0.469 e. The molecule has 1 aliphatic heterocycles. The summed E-state index contributed by atoms with van der Waals surface area (Å²) in [5.41, 5.74) is 1.84. The standard InChI is InChI=1S/C26H34N4O3S2/c1-33-23(31)11-14-27-26(34)30-15-12-19(13-16-30)25-29-22(17-35-25)24(32)28-21-10-6-5-9-20(21)18-7-3-2-4-8-18/h2-4,7-8,17,19-21H,5-6,9-16H2,1H3,(H,27,34)(H,28,32). The maximum absolute atomic E-state index is 13.1. The van der Waals surface area contributed by atoms with Gasteiger partial charge in [-0.3, -0.25) is 9.59 Å². The first-order valence-electron chi connectivity index (χ1n) is 12.5. The number of aromatic nitrogens is 1. The molecule has 2 heterocycles. The van der Waals surface area contributed by atoms with Crippen molar-refractivity contribution in [1.82, 2.24) is 20.5 Å². The molecule has 1 saturated carbocycles. The predicted molar refractivity (Wildman–Crippen MR) is 142 cm³/mol. The topological polar surface area (TPSA) is 83.6 Å². The van der Waals surface area contributed by atoms with Gasteiger partial charge in [-0.05, 0) is 43.5 Å². The number of rotatable bonds is 7. The summed E-state index contributed by atoms with van der Waals surface area (Å²) in [6, 6.07) is 10.7. The highest BCUT2D eigenvalue weighted by Gasteiger charge is 2.29. The molecular weight excluding hydrogens is 480 g/mol. The summed E-state index contributed by atoms with van der Waals surface area (Å²) in [5, 5.41) is 10.0. The van der Waals surface area contributed by atoms with Crippen LogP contribution in [0, 0.1) is 0 Å². The van der Waals surface area contributed by atoms with Crippen molar-refractivity contribution in [3.63, 3.8) is 0 Å². The van der Waals surface area contributed by atoms with Crippen molar-refractivity contribution in [1.29, 1.82) is 0 Å². The Bertz CT molecular complexity index is 1010. The summed E-state index contributed by atoms with van der Waals surface area (Å²) in [7, 11) is 1.39. The quantitative estimate of drug-likeness (QED) is 0.423. The predicted octanol–water partition coefficient (Wildman–Crippen LogP) is 4.22. The third kappa shape index (κ3) is 6.79. The van der Waals surface area contributed by atoms with Gasteiger partial charge in [-0.15, -0.1) is 11.3 Å². The van der Waals surface area contributed by atoms with Gasteiger partial charge >= 0.3 is 5.97 Å². The SMILES string of the molecule is COC(=O)CCNC(=S)N1CCC(c2nc(C(=O)NC3CCCCC3c3ccccc3)cs2)CC1. The van der Waals surface area contributed by atoms with Crippen LogP contribution in [-0.4, -0.2) is 59.7 Å². The zero-order valence-electron chi connectivity index (χ0n) is 20.2. The number of ether oxygens (including phenoxy) is 1. The van der Waals surface area contributed by atoms with Gasteiger partial charge in [0.2, 0.25) is 0 Å². The Morgan fingerprint density at radius 3 is 2.63 bits per heavy atom. The zero-order chi connectivity index (χ0) is 24.6. The van der Waals surface area contributed by atoms with Crippen LogP contribution < -0.4 is 10.6 Å². The minimum absolute atomic E-state index is 0.0613. The Kier molecular flexibility index (Phi) is 9.09. The highest BCUT2D eigenvalue weighted by atomic mass is 32.1. The van der Waals surface area contributed by atoms with E-state index in [0.29, 0.717) is 35.6 Å². The van der Waals surface area contributed by atoms with Gasteiger partial charge in [0, 0.05) is 42.9 Å². The molecule has 2 aromatic rings. The van der Waals surface area contributed by atoms with Crippen LogP contribution in [0.4, 0.5) is 0 Å². The molecule has 0 spiro atoms. The van der Waals surface area contributed by atoms with E-state index in [-0.39, 0.29) is 17.9 Å². The van der Waals surface area contributed by atoms with E-state index in [1.807, 2.05) is 11.4 Å². The Balaban J connectivity index is 1.28. The molecule has 1 saturated heterocycles. The lowest BCUT2D eigenvalue weighted by atomic mass is 9.80. The van der Waals surface area contributed by atoms with E-state index in [1.54, 1.807) is 11.3 Å². The molecule has 1 aliphatic carbocycles. The fourth-order valence-corrected chi connectivity index (χ4v) is 6.30. The summed E-state index contributed by atoms with van der Waals surface area (Å²) in [6.45, 7) is 2.13. The number of benzene rings is 1. The van der Waals surface area contributed by atoms with Crippen molar-refractivity contribution in [2.75, 3.05) is 26.7 Å². The summed E-state index contributed by atoms with van der Waals surface area (Å²) in [5.74, 6) is 0.388. The van der Waals surface area contributed by atoms with Crippen LogP contribution in [-0.2, 0) is 9.53 Å². The maximum atomic E-state index is 13.1. The van der Waals surface area contributed by atoms with Crippen LogP contribution in [0.25, 0.3) is 0 Å². The first-order valence-corrected chi connectivity index (χ1v) is 13.7. The van der Waals surface area contributed by atoms with Crippen molar-refractivity contribution in [3.05, 3.63) is 52.0 Å². The first-order chi connectivity index (χ1) is 17.0. The molecule has 1 amide bonds. The van der Waals surface area contributed by atoms with Crippen LogP contribution >= 0.6 is 23.6 Å². The molecule has 35 heavy (non-hydrogen) atoms. The van der Waals surface area contributed by atoms with E-state index in [4.69, 9.17) is 17.2 Å². The minimum atomic E-state index is -0.248. The molecule has 7 nitrogen and oxygen atoms in total. The number of nitrogens with one attached hydrogen (secondary N) is 2. The van der Waals surface area contributed by atoms with Crippen molar-refractivity contribution >= 4 is 40.5 Å². The second-order valence-corrected chi connectivity index (χ2v) is 10.5. The highest BCUT2D eigenvalue weighted by molar-refractivity contribution is 7.80. The summed E-state index contributed by atoms with van der Waals surface area (Å²) in [4.78, 5) is 31.2. The number of carbonyl (C=O) groups excluding carboxylic acids is 2. The second kappa shape index (κ2) is 12.4. The Labute approximate surface area is 216 Å². The molecule has 1 aromatic heterocycles. The molecule has 9 heteroatoms. The van der Waals surface area contributed by atoms with E-state index in [2.05, 4.69) is 44.5 Å². The second-order valence-electron chi connectivity index (χ2n) is 9.27. The smallest absolute Gasteiger partial charge is 0.307 e. The van der Waals surface area contributed by atoms with E-state index < -0.39 is 0 Å². The van der Waals surface area contributed by atoms with E-state index in [9.17, 15) is 9.59 Å². The van der Waals surface area contributed by atoms with Crippen molar-refractivity contribution < 1.29 is 14.3 Å². The fraction of sp³-hybridized carbons (Fsp3) is 0.538. The number of piperidine rings is 1. The fourth-order valence-electron chi connectivity index (χ4n) is 5.04. The number of thiazole rings is 1. The lowest BCUT2D eigenvalue weighted by Crippen LogP contribution is -2.44. The van der Waals surface area contributed by atoms with Gasteiger partial charge in [-0.2, -0.15) is 0 Å². The Hall–Kier alpha value is -2.52. The average molecular weight is 515 g/mol. The van der Waals surface area contributed by atoms with Gasteiger partial charge in [0.1, 0.15) is 5.69 Å². The van der Waals surface area contributed by atoms with Crippen molar-refractivity contribution in [3.8, 4) is 0 Å². The lowest BCUT2D eigenvalue weighted by Gasteiger charge is -2.33. The van der Waals surface area contributed by atoms with Gasteiger partial charge in [0.25, 0.3) is 5.91 Å². The summed E-state index contributed by atoms with van der Waals surface area (Å²) >= 11 is 7.06. The molecule has 4 rings (SSSR count). The summed E-state index contributed by atoms with van der Waals surface area (Å²) < 4.78 is 4.66. The Morgan fingerprint density at radius 1 is 1.14 bits per heavy atom. The average Bonchev–Trinajstić information content (AvgIpc) is 3.40. The normalized spacial score (nSPS) is 20.8. The number of nitrogens with zero attached hydrogens (tertiary/aromatic N) is 2. The summed E-state index contributed by atoms with van der Waals surface area (Å²) in [6.07, 6.45) is 6.64. The largest absolute Gasteiger partial charge is 0.469 e. The third-order valence-corrected chi connectivity index (χ3v) is 8.44. The number of likely N-dealkylation sites (tertiary alicyclic amines) is 1. The van der Waals surface area contributed by atoms with Gasteiger partial charge in [0.05, 0.1) is 18.5 Å². The number of carbonyl (C=O) groups is 2. The molecule has 0 radical (unpaired) electrons. The van der Waals surface area contributed by atoms with Gasteiger partial charge < -0.3 is 20.3 Å². The van der Waals surface area contributed by atoms with Crippen LogP contribution in [0.2, 0.25) is 0 Å². The van der Waals surface area contributed by atoms with Gasteiger partial charge in [0.15, 0.2) is 5.11 Å². The zero-order valence-corrected chi connectivity index (χ0v) is 21.8. The van der Waals surface area contributed by atoms with E-state index in [0.717, 1.165) is 50.2 Å². The van der Waals surface area contributed by atoms with Crippen molar-refractivity contribution in [2.24, 2.45) is 0 Å². The number of methoxy groups -OCH3 is 1. The third-order valence-electron chi connectivity index (χ3n) is 7.03. The molecule has 2 atom stereocenters. The molecule has 0 bridgehead atoms. The molecule has 2 unspecified atom stereocenters. The number of amides is 1. The van der Waals surface area contributed by atoms with Crippen LogP contribution in [0.3, 0.4) is 0 Å². The molecule has 2 N–H and O–H groups in total. The van der Waals surface area contributed by atoms with Gasteiger partial charge in [-0.1, -0.05) is 43.2 Å². The maximum Gasteiger partial charge on any atom is 0.307 e. The van der Waals surface area contributed by atoms with Crippen LogP contribution in [0.5, 0.6) is 0 Å². The number of hydrogen-bond donors (Lipinski definition) is 2. The van der Waals surface area contributed by atoms with Crippen LogP contribution in [0.15, 0.2) is 35.7 Å². The highest BCUT2D eigenvalue weighted by Crippen LogP contribution is 2.34. The monoisotopic (exact) mass is 514 g/mol. The van der Waals surface area contributed by atoms with E-state index in [1.165, 1.54) is 19.1 Å². The number of hydrogen-bond acceptors (Lipinski definition) is 6. The van der Waals surface area contributed by atoms with Crippen LogP contribution in [0.1, 0.15) is 77.8 Å². The molecule has 2 fully saturated rings. The molecule has 2 aliphatic rings. The first kappa shape index (κ1) is 25.6. The molecular formula is C26H34N4O3S2. The molecule has 188 valence electrons. The van der Waals surface area contributed by atoms with Crippen molar-refractivity contribution in [2.45, 2.75) is 62.8 Å². The number of thiocarbonyl (C=S) groups is 1. The molecule has 1 aromatic carbocycles. The van der Waals surface area contributed by atoms with E-state index >= 15 is 0 Å². The Morgan fingerprint density at radius 2 is 1.89 bits per heavy atom. The number of esters is 1. The van der Waals surface area contributed by atoms with Gasteiger partial charge in [-0.25, -0.2) is 4.98 Å².